The van der Waals surface area contributed by atoms with Gasteiger partial charge in [0.1, 0.15) is 11.4 Å². The highest BCUT2D eigenvalue weighted by Gasteiger charge is 2.21. The van der Waals surface area contributed by atoms with Crippen molar-refractivity contribution in [2.45, 2.75) is 0 Å². The Bertz CT molecular complexity index is 887. The van der Waals surface area contributed by atoms with Gasteiger partial charge in [-0.2, -0.15) is 0 Å². The SMILES string of the molecule is COc1cc(OC)c(OC)c(-c2oncc2-c2ccc(N=O)cc2)c1. The summed E-state index contributed by atoms with van der Waals surface area (Å²) in [5.74, 6) is 2.11. The minimum atomic E-state index is 0.349. The van der Waals surface area contributed by atoms with Gasteiger partial charge in [0.25, 0.3) is 0 Å². The lowest BCUT2D eigenvalue weighted by atomic mass is 10.0. The van der Waals surface area contributed by atoms with Gasteiger partial charge >= 0.3 is 0 Å². The van der Waals surface area contributed by atoms with Gasteiger partial charge in [0.05, 0.1) is 33.1 Å². The third-order valence-electron chi connectivity index (χ3n) is 3.79. The topological polar surface area (TPSA) is 83.2 Å². The molecular weight excluding hydrogens is 324 g/mol. The number of aromatic nitrogens is 1. The van der Waals surface area contributed by atoms with Crippen LogP contribution < -0.4 is 14.2 Å². The summed E-state index contributed by atoms with van der Waals surface area (Å²) in [4.78, 5) is 10.6. The van der Waals surface area contributed by atoms with Crippen LogP contribution in [0.3, 0.4) is 0 Å². The van der Waals surface area contributed by atoms with Crippen molar-refractivity contribution in [3.05, 3.63) is 47.5 Å². The van der Waals surface area contributed by atoms with E-state index in [1.807, 2.05) is 0 Å². The molecule has 1 aromatic heterocycles. The highest BCUT2D eigenvalue weighted by Crippen LogP contribution is 2.44. The lowest BCUT2D eigenvalue weighted by molar-refractivity contribution is 0.348. The number of hydrogen-bond acceptors (Lipinski definition) is 7. The molecule has 0 aliphatic heterocycles. The molecule has 7 heteroatoms. The lowest BCUT2D eigenvalue weighted by Gasteiger charge is -2.14. The van der Waals surface area contributed by atoms with Crippen molar-refractivity contribution in [2.24, 2.45) is 5.18 Å². The molecule has 1 heterocycles. The standard InChI is InChI=1S/C18H16N2O5/c1-22-13-8-14(18(24-3)16(9-13)23-2)17-15(10-19-25-17)11-4-6-12(20-21)7-5-11/h4-10H,1-3H3. The summed E-state index contributed by atoms with van der Waals surface area (Å²) in [5, 5.41) is 6.81. The van der Waals surface area contributed by atoms with Crippen molar-refractivity contribution in [1.82, 2.24) is 5.16 Å². The first-order chi connectivity index (χ1) is 12.2. The maximum absolute atomic E-state index is 10.6. The predicted molar refractivity (Wildman–Crippen MR) is 92.5 cm³/mol. The summed E-state index contributed by atoms with van der Waals surface area (Å²) in [6, 6.07) is 10.3. The second-order valence-electron chi connectivity index (χ2n) is 5.12. The molecule has 0 spiro atoms. The Morgan fingerprint density at radius 1 is 0.960 bits per heavy atom. The zero-order valence-electron chi connectivity index (χ0n) is 14.0. The number of rotatable bonds is 6. The number of ether oxygens (including phenoxy) is 3. The Hall–Kier alpha value is -3.35. The first-order valence-corrected chi connectivity index (χ1v) is 7.40. The van der Waals surface area contributed by atoms with Crippen LogP contribution in [0.15, 0.2) is 52.3 Å². The minimum Gasteiger partial charge on any atom is -0.497 e. The van der Waals surface area contributed by atoms with Crippen molar-refractivity contribution in [3.8, 4) is 39.7 Å². The van der Waals surface area contributed by atoms with Gasteiger partial charge in [-0.05, 0) is 28.9 Å². The van der Waals surface area contributed by atoms with E-state index in [1.54, 1.807) is 63.9 Å². The summed E-state index contributed by atoms with van der Waals surface area (Å²) in [6.07, 6.45) is 1.60. The van der Waals surface area contributed by atoms with Gasteiger partial charge in [-0.1, -0.05) is 17.3 Å². The fourth-order valence-electron chi connectivity index (χ4n) is 2.57. The summed E-state index contributed by atoms with van der Waals surface area (Å²) in [5.41, 5.74) is 2.56. The Labute approximate surface area is 144 Å². The third-order valence-corrected chi connectivity index (χ3v) is 3.79. The molecular formula is C18H16N2O5. The molecule has 0 fully saturated rings. The molecule has 0 N–H and O–H groups in total. The molecule has 0 radical (unpaired) electrons. The zero-order chi connectivity index (χ0) is 17.8. The molecule has 3 rings (SSSR count). The first-order valence-electron chi connectivity index (χ1n) is 7.40. The smallest absolute Gasteiger partial charge is 0.178 e. The minimum absolute atomic E-state index is 0.349. The van der Waals surface area contributed by atoms with E-state index in [-0.39, 0.29) is 0 Å². The fourth-order valence-corrected chi connectivity index (χ4v) is 2.57. The number of nitrogens with zero attached hydrogens (tertiary/aromatic N) is 2. The first kappa shape index (κ1) is 16.5. The van der Waals surface area contributed by atoms with Crippen LogP contribution in [-0.2, 0) is 0 Å². The molecule has 25 heavy (non-hydrogen) atoms. The zero-order valence-corrected chi connectivity index (χ0v) is 14.0. The molecule has 0 aliphatic rings. The molecule has 3 aromatic rings. The van der Waals surface area contributed by atoms with Crippen LogP contribution in [0.1, 0.15) is 0 Å². The van der Waals surface area contributed by atoms with E-state index in [4.69, 9.17) is 18.7 Å². The van der Waals surface area contributed by atoms with Gasteiger partial charge < -0.3 is 18.7 Å². The second-order valence-corrected chi connectivity index (χ2v) is 5.12. The normalized spacial score (nSPS) is 10.4. The summed E-state index contributed by atoms with van der Waals surface area (Å²) in [7, 11) is 4.67. The number of benzene rings is 2. The summed E-state index contributed by atoms with van der Waals surface area (Å²) < 4.78 is 21.7. The Kier molecular flexibility index (Phi) is 4.65. The van der Waals surface area contributed by atoms with Crippen LogP contribution in [0.25, 0.3) is 22.5 Å². The van der Waals surface area contributed by atoms with Crippen molar-refractivity contribution < 1.29 is 18.7 Å². The maximum atomic E-state index is 10.6. The lowest BCUT2D eigenvalue weighted by Crippen LogP contribution is -1.95. The quantitative estimate of drug-likeness (QED) is 0.617. The van der Waals surface area contributed by atoms with Crippen LogP contribution in [-0.4, -0.2) is 26.5 Å². The van der Waals surface area contributed by atoms with Crippen LogP contribution in [0.5, 0.6) is 17.2 Å². The molecule has 0 amide bonds. The monoisotopic (exact) mass is 340 g/mol. The highest BCUT2D eigenvalue weighted by molar-refractivity contribution is 5.84. The van der Waals surface area contributed by atoms with Crippen molar-refractivity contribution in [2.75, 3.05) is 21.3 Å². The summed E-state index contributed by atoms with van der Waals surface area (Å²) >= 11 is 0. The summed E-state index contributed by atoms with van der Waals surface area (Å²) in [6.45, 7) is 0. The highest BCUT2D eigenvalue weighted by atomic mass is 16.5. The van der Waals surface area contributed by atoms with Crippen molar-refractivity contribution in [3.63, 3.8) is 0 Å². The number of hydrogen-bond donors (Lipinski definition) is 0. The molecule has 2 aromatic carbocycles. The molecule has 0 aliphatic carbocycles. The van der Waals surface area contributed by atoms with Gasteiger partial charge in [-0.3, -0.25) is 0 Å². The van der Waals surface area contributed by atoms with Crippen LogP contribution in [0.2, 0.25) is 0 Å². The third kappa shape index (κ3) is 3.03. The number of methoxy groups -OCH3 is 3. The molecule has 7 nitrogen and oxygen atoms in total. The molecule has 0 unspecified atom stereocenters. The van der Waals surface area contributed by atoms with Gasteiger partial charge in [0, 0.05) is 11.6 Å². The van der Waals surface area contributed by atoms with E-state index in [1.165, 1.54) is 0 Å². The Morgan fingerprint density at radius 2 is 1.72 bits per heavy atom. The largest absolute Gasteiger partial charge is 0.497 e. The van der Waals surface area contributed by atoms with E-state index >= 15 is 0 Å². The van der Waals surface area contributed by atoms with Gasteiger partial charge in [-0.25, -0.2) is 0 Å². The van der Waals surface area contributed by atoms with E-state index in [2.05, 4.69) is 10.3 Å². The average molecular weight is 340 g/mol. The van der Waals surface area contributed by atoms with Crippen molar-refractivity contribution >= 4 is 5.69 Å². The Balaban J connectivity index is 2.17. The predicted octanol–water partition coefficient (Wildman–Crippen LogP) is 4.43. The van der Waals surface area contributed by atoms with Gasteiger partial charge in [0.2, 0.25) is 0 Å². The van der Waals surface area contributed by atoms with Crippen LogP contribution >= 0.6 is 0 Å². The van der Waals surface area contributed by atoms with E-state index in [0.29, 0.717) is 34.3 Å². The van der Waals surface area contributed by atoms with Crippen LogP contribution in [0, 0.1) is 4.91 Å². The van der Waals surface area contributed by atoms with Crippen LogP contribution in [0.4, 0.5) is 5.69 Å². The average Bonchev–Trinajstić information content (AvgIpc) is 3.16. The maximum Gasteiger partial charge on any atom is 0.178 e. The molecule has 128 valence electrons. The van der Waals surface area contributed by atoms with E-state index < -0.39 is 0 Å². The van der Waals surface area contributed by atoms with Crippen molar-refractivity contribution in [1.29, 1.82) is 0 Å². The van der Waals surface area contributed by atoms with E-state index in [9.17, 15) is 4.91 Å². The van der Waals surface area contributed by atoms with E-state index in [0.717, 1.165) is 11.1 Å². The number of nitroso groups, excluding NO2 is 1. The fraction of sp³-hybridized carbons (Fsp3) is 0.167. The second kappa shape index (κ2) is 7.04. The van der Waals surface area contributed by atoms with Gasteiger partial charge in [0.15, 0.2) is 17.3 Å². The molecule has 0 saturated heterocycles. The van der Waals surface area contributed by atoms with Gasteiger partial charge in [-0.15, -0.1) is 4.91 Å². The Morgan fingerprint density at radius 3 is 2.32 bits per heavy atom. The molecule has 0 saturated carbocycles. The molecule has 0 bridgehead atoms. The molecule has 0 atom stereocenters.